The van der Waals surface area contributed by atoms with E-state index in [9.17, 15) is 13.5 Å². The van der Waals surface area contributed by atoms with E-state index in [1.807, 2.05) is 12.1 Å². The molecular weight excluding hydrogens is 200 g/mol. The van der Waals surface area contributed by atoms with Crippen LogP contribution in [0.25, 0.3) is 0 Å². The van der Waals surface area contributed by atoms with Crippen molar-refractivity contribution in [3.63, 3.8) is 0 Å². The summed E-state index contributed by atoms with van der Waals surface area (Å²) in [4.78, 5) is -1.66. The van der Waals surface area contributed by atoms with E-state index in [0.29, 0.717) is 12.0 Å². The molecule has 0 bridgehead atoms. The molecule has 0 aliphatic heterocycles. The van der Waals surface area contributed by atoms with Crippen LogP contribution >= 0.6 is 0 Å². The van der Waals surface area contributed by atoms with E-state index in [1.54, 1.807) is 12.1 Å². The maximum Gasteiger partial charge on any atom is 0.191 e. The van der Waals surface area contributed by atoms with Gasteiger partial charge >= 0.3 is 0 Å². The number of hydrogen-bond acceptors (Lipinski definition) is 3. The first kappa shape index (κ1) is 9.68. The van der Waals surface area contributed by atoms with Crippen molar-refractivity contribution in [3.8, 4) is 0 Å². The summed E-state index contributed by atoms with van der Waals surface area (Å²) in [7, 11) is -3.46. The lowest BCUT2D eigenvalue weighted by atomic mass is 10.1. The summed E-state index contributed by atoms with van der Waals surface area (Å²) in [6.07, 6.45) is 1.97. The van der Waals surface area contributed by atoms with E-state index >= 15 is 0 Å². The Labute approximate surface area is 83.3 Å². The number of fused-ring (bicyclic) bond motifs is 1. The Bertz CT molecular complexity index is 464. The molecule has 1 N–H and O–H groups in total. The average molecular weight is 212 g/mol. The molecule has 1 aromatic rings. The van der Waals surface area contributed by atoms with Gasteiger partial charge < -0.3 is 5.11 Å². The molecule has 1 atom stereocenters. The SMILES string of the molecule is CS(=O)(=O)C1(O)CCc2ccccc21. The van der Waals surface area contributed by atoms with Crippen LogP contribution in [0.4, 0.5) is 0 Å². The van der Waals surface area contributed by atoms with Crippen molar-refractivity contribution in [2.24, 2.45) is 0 Å². The number of sulfone groups is 1. The summed E-state index contributed by atoms with van der Waals surface area (Å²) in [5.41, 5.74) is 1.47. The van der Waals surface area contributed by atoms with Crippen LogP contribution in [-0.4, -0.2) is 19.8 Å². The molecule has 1 unspecified atom stereocenters. The lowest BCUT2D eigenvalue weighted by Crippen LogP contribution is -2.32. The fraction of sp³-hybridized carbons (Fsp3) is 0.400. The standard InChI is InChI=1S/C10H12O3S/c1-14(12,13)10(11)7-6-8-4-2-3-5-9(8)10/h2-5,11H,6-7H2,1H3. The van der Waals surface area contributed by atoms with E-state index in [4.69, 9.17) is 0 Å². The van der Waals surface area contributed by atoms with E-state index in [-0.39, 0.29) is 6.42 Å². The van der Waals surface area contributed by atoms with Crippen molar-refractivity contribution in [3.05, 3.63) is 35.4 Å². The average Bonchev–Trinajstić information content (AvgIpc) is 2.45. The minimum Gasteiger partial charge on any atom is -0.371 e. The lowest BCUT2D eigenvalue weighted by molar-refractivity contribution is 0.127. The molecule has 1 aliphatic carbocycles. The van der Waals surface area contributed by atoms with Crippen molar-refractivity contribution in [1.29, 1.82) is 0 Å². The monoisotopic (exact) mass is 212 g/mol. The quantitative estimate of drug-likeness (QED) is 0.750. The van der Waals surface area contributed by atoms with Crippen molar-refractivity contribution in [1.82, 2.24) is 0 Å². The first-order valence-electron chi connectivity index (χ1n) is 4.45. The molecule has 0 fully saturated rings. The molecule has 0 spiro atoms. The molecule has 14 heavy (non-hydrogen) atoms. The third-order valence-corrected chi connectivity index (χ3v) is 4.44. The van der Waals surface area contributed by atoms with Gasteiger partial charge in [-0.2, -0.15) is 0 Å². The third-order valence-electron chi connectivity index (χ3n) is 2.78. The van der Waals surface area contributed by atoms with Gasteiger partial charge in [-0.25, -0.2) is 8.42 Å². The molecule has 2 rings (SSSR count). The molecule has 1 aliphatic rings. The minimum absolute atomic E-state index is 0.269. The second-order valence-electron chi connectivity index (χ2n) is 3.71. The minimum atomic E-state index is -3.46. The smallest absolute Gasteiger partial charge is 0.191 e. The maximum absolute atomic E-state index is 11.5. The van der Waals surface area contributed by atoms with Gasteiger partial charge in [-0.15, -0.1) is 0 Å². The Hall–Kier alpha value is -0.870. The van der Waals surface area contributed by atoms with Crippen LogP contribution in [0.2, 0.25) is 0 Å². The Morgan fingerprint density at radius 3 is 2.64 bits per heavy atom. The Morgan fingerprint density at radius 1 is 1.36 bits per heavy atom. The zero-order chi connectivity index (χ0) is 10.4. The summed E-state index contributed by atoms with van der Waals surface area (Å²) < 4.78 is 22.9. The highest BCUT2D eigenvalue weighted by atomic mass is 32.2. The van der Waals surface area contributed by atoms with Crippen LogP contribution in [-0.2, 0) is 21.2 Å². The van der Waals surface area contributed by atoms with Gasteiger partial charge in [0.1, 0.15) is 0 Å². The molecule has 0 aromatic heterocycles. The predicted octanol–water partition coefficient (Wildman–Crippen LogP) is 0.823. The van der Waals surface area contributed by atoms with Crippen LogP contribution in [0.3, 0.4) is 0 Å². The van der Waals surface area contributed by atoms with Crippen molar-refractivity contribution >= 4 is 9.84 Å². The molecule has 76 valence electrons. The molecule has 3 nitrogen and oxygen atoms in total. The van der Waals surface area contributed by atoms with E-state index in [1.165, 1.54) is 0 Å². The topological polar surface area (TPSA) is 54.4 Å². The molecule has 1 aromatic carbocycles. The first-order chi connectivity index (χ1) is 6.45. The highest BCUT2D eigenvalue weighted by Gasteiger charge is 2.45. The van der Waals surface area contributed by atoms with Crippen LogP contribution in [0.15, 0.2) is 24.3 Å². The van der Waals surface area contributed by atoms with Crippen LogP contribution in [0.1, 0.15) is 17.5 Å². The highest BCUT2D eigenvalue weighted by Crippen LogP contribution is 2.40. The Morgan fingerprint density at radius 2 is 2.00 bits per heavy atom. The Balaban J connectivity index is 2.64. The zero-order valence-electron chi connectivity index (χ0n) is 7.90. The lowest BCUT2D eigenvalue weighted by Gasteiger charge is -2.21. The van der Waals surface area contributed by atoms with Gasteiger partial charge in [0.15, 0.2) is 14.8 Å². The number of rotatable bonds is 1. The summed E-state index contributed by atoms with van der Waals surface area (Å²) in [5, 5.41) is 10.1. The van der Waals surface area contributed by atoms with Gasteiger partial charge in [-0.05, 0) is 18.4 Å². The molecule has 0 saturated carbocycles. The largest absolute Gasteiger partial charge is 0.371 e. The molecule has 0 heterocycles. The summed E-state index contributed by atoms with van der Waals surface area (Å²) >= 11 is 0. The normalized spacial score (nSPS) is 26.1. The van der Waals surface area contributed by atoms with E-state index < -0.39 is 14.8 Å². The van der Waals surface area contributed by atoms with E-state index in [2.05, 4.69) is 0 Å². The molecule has 0 saturated heterocycles. The number of hydrogen-bond donors (Lipinski definition) is 1. The third kappa shape index (κ3) is 1.18. The van der Waals surface area contributed by atoms with Gasteiger partial charge in [0.05, 0.1) is 0 Å². The van der Waals surface area contributed by atoms with E-state index in [0.717, 1.165) is 11.8 Å². The number of aryl methyl sites for hydroxylation is 1. The van der Waals surface area contributed by atoms with Gasteiger partial charge in [0, 0.05) is 11.8 Å². The van der Waals surface area contributed by atoms with Crippen molar-refractivity contribution < 1.29 is 13.5 Å². The van der Waals surface area contributed by atoms with Crippen molar-refractivity contribution in [2.45, 2.75) is 17.8 Å². The first-order valence-corrected chi connectivity index (χ1v) is 6.35. The van der Waals surface area contributed by atoms with Crippen LogP contribution < -0.4 is 0 Å². The second kappa shape index (κ2) is 2.81. The zero-order valence-corrected chi connectivity index (χ0v) is 8.71. The molecule has 0 amide bonds. The summed E-state index contributed by atoms with van der Waals surface area (Å²) in [5.74, 6) is 0. The summed E-state index contributed by atoms with van der Waals surface area (Å²) in [6.45, 7) is 0. The highest BCUT2D eigenvalue weighted by molar-refractivity contribution is 7.91. The molecule has 4 heteroatoms. The van der Waals surface area contributed by atoms with Crippen molar-refractivity contribution in [2.75, 3.05) is 6.26 Å². The van der Waals surface area contributed by atoms with Gasteiger partial charge in [-0.1, -0.05) is 24.3 Å². The summed E-state index contributed by atoms with van der Waals surface area (Å²) in [6, 6.07) is 7.15. The Kier molecular flexibility index (Phi) is 1.94. The predicted molar refractivity (Wildman–Crippen MR) is 53.5 cm³/mol. The van der Waals surface area contributed by atoms with Gasteiger partial charge in [0.25, 0.3) is 0 Å². The van der Waals surface area contributed by atoms with Gasteiger partial charge in [-0.3, -0.25) is 0 Å². The van der Waals surface area contributed by atoms with Crippen LogP contribution in [0, 0.1) is 0 Å². The van der Waals surface area contributed by atoms with Gasteiger partial charge in [0.2, 0.25) is 0 Å². The van der Waals surface area contributed by atoms with Crippen LogP contribution in [0.5, 0.6) is 0 Å². The maximum atomic E-state index is 11.5. The number of benzene rings is 1. The fourth-order valence-electron chi connectivity index (χ4n) is 1.94. The fourth-order valence-corrected chi connectivity index (χ4v) is 3.01. The second-order valence-corrected chi connectivity index (χ2v) is 5.93. The molecule has 0 radical (unpaired) electrons. The number of aliphatic hydroxyl groups is 1. The molecular formula is C10H12O3S.